The van der Waals surface area contributed by atoms with Crippen LogP contribution in [0.25, 0.3) is 0 Å². The number of benzene rings is 1. The van der Waals surface area contributed by atoms with Gasteiger partial charge in [-0.05, 0) is 82.5 Å². The van der Waals surface area contributed by atoms with Crippen LogP contribution in [-0.4, -0.2) is 77.0 Å². The second kappa shape index (κ2) is 14.1. The lowest BCUT2D eigenvalue weighted by Crippen LogP contribution is -2.56. The summed E-state index contributed by atoms with van der Waals surface area (Å²) >= 11 is 6.12. The third-order valence-corrected chi connectivity index (χ3v) is 9.32. The molecule has 0 amide bonds. The van der Waals surface area contributed by atoms with Gasteiger partial charge in [0.2, 0.25) is 0 Å². The molecule has 1 aromatic carbocycles. The first-order chi connectivity index (χ1) is 18.8. The molecule has 0 radical (unpaired) electrons. The van der Waals surface area contributed by atoms with E-state index in [0.29, 0.717) is 24.2 Å². The molecule has 212 valence electrons. The van der Waals surface area contributed by atoms with Crippen molar-refractivity contribution in [3.05, 3.63) is 78.2 Å². The predicted molar refractivity (Wildman–Crippen MR) is 173 cm³/mol. The Morgan fingerprint density at radius 2 is 1.92 bits per heavy atom. The second-order valence-electron chi connectivity index (χ2n) is 11.2. The van der Waals surface area contributed by atoms with E-state index in [9.17, 15) is 0 Å². The minimum atomic E-state index is 0.380. The zero-order valence-electron chi connectivity index (χ0n) is 24.3. The minimum Gasteiger partial charge on any atom is -0.366 e. The molecule has 0 bridgehead atoms. The maximum atomic E-state index is 5.02. The van der Waals surface area contributed by atoms with Crippen LogP contribution in [0.5, 0.6) is 0 Å². The number of likely N-dealkylation sites (tertiary alicyclic amines) is 1. The monoisotopic (exact) mass is 565 g/mol. The summed E-state index contributed by atoms with van der Waals surface area (Å²) in [6.45, 7) is 20.5. The average molecular weight is 566 g/mol. The van der Waals surface area contributed by atoms with E-state index in [2.05, 4.69) is 115 Å². The molecule has 4 rings (SSSR count). The first-order valence-electron chi connectivity index (χ1n) is 14.4. The van der Waals surface area contributed by atoms with E-state index in [0.717, 1.165) is 67.0 Å². The van der Waals surface area contributed by atoms with Crippen LogP contribution in [0, 0.1) is 0 Å². The summed E-state index contributed by atoms with van der Waals surface area (Å²) in [5, 5.41) is 4.50. The highest BCUT2D eigenvalue weighted by molar-refractivity contribution is 8.13. The van der Waals surface area contributed by atoms with E-state index in [4.69, 9.17) is 4.99 Å². The van der Waals surface area contributed by atoms with Crippen LogP contribution < -0.4 is 5.32 Å². The van der Waals surface area contributed by atoms with Gasteiger partial charge in [-0.25, -0.2) is 0 Å². The van der Waals surface area contributed by atoms with Crippen molar-refractivity contribution < 1.29 is 0 Å². The van der Waals surface area contributed by atoms with Crippen LogP contribution in [0.2, 0.25) is 0 Å². The van der Waals surface area contributed by atoms with Crippen molar-refractivity contribution in [2.45, 2.75) is 75.5 Å². The largest absolute Gasteiger partial charge is 0.366 e. The Morgan fingerprint density at radius 1 is 1.15 bits per heavy atom. The van der Waals surface area contributed by atoms with Gasteiger partial charge in [0, 0.05) is 60.1 Å². The molecule has 4 unspecified atom stereocenters. The summed E-state index contributed by atoms with van der Waals surface area (Å²) in [4.78, 5) is 13.7. The highest BCUT2D eigenvalue weighted by atomic mass is 32.2. The van der Waals surface area contributed by atoms with Crippen molar-refractivity contribution in [1.29, 1.82) is 0 Å². The topological polar surface area (TPSA) is 34.1 Å². The molecule has 1 aliphatic carbocycles. The summed E-state index contributed by atoms with van der Waals surface area (Å²) < 4.78 is 0. The minimum absolute atomic E-state index is 0.380. The normalized spacial score (nSPS) is 25.5. The van der Waals surface area contributed by atoms with Crippen molar-refractivity contribution in [3.8, 4) is 0 Å². The highest BCUT2D eigenvalue weighted by Gasteiger charge is 2.31. The molecule has 2 aliphatic heterocycles. The standard InChI is InChI=1S/C32H47N5S2/c1-23(20-35-21-25(3)37(22-24(35)2)27(5)28-11-8-7-9-12-28)34-32(39-6)33-19-30-13-10-18-36(30)26(4)29-14-16-31(38)17-15-29/h8,11-12,14-17,24-26,30,38H,1,5,7,9-10,13,18-22H2,2-4,6H3,(H,33,34). The first kappa shape index (κ1) is 30.0. The summed E-state index contributed by atoms with van der Waals surface area (Å²) in [6.07, 6.45) is 13.6. The summed E-state index contributed by atoms with van der Waals surface area (Å²) in [5.41, 5.74) is 4.80. The van der Waals surface area contributed by atoms with Crippen LogP contribution in [0.15, 0.2) is 82.5 Å². The smallest absolute Gasteiger partial charge is 0.160 e. The summed E-state index contributed by atoms with van der Waals surface area (Å²) in [6, 6.07) is 10.2. The molecule has 0 spiro atoms. The summed E-state index contributed by atoms with van der Waals surface area (Å²) in [7, 11) is 0. The SMILES string of the molecule is C=C(CN1CC(C)N(C(=C)C2=CCCC=C2)CC1C)NC(=NCC1CCCN1C(C)c1ccc(S)cc1)SC. The van der Waals surface area contributed by atoms with Crippen molar-refractivity contribution in [2.24, 2.45) is 4.99 Å². The Balaban J connectivity index is 1.29. The Labute approximate surface area is 246 Å². The Hall–Kier alpha value is -1.93. The van der Waals surface area contributed by atoms with Gasteiger partial charge in [-0.15, -0.1) is 12.6 Å². The third kappa shape index (κ3) is 7.84. The lowest BCUT2D eigenvalue weighted by molar-refractivity contribution is 0.0738. The zero-order chi connectivity index (χ0) is 27.9. The molecule has 0 saturated carbocycles. The van der Waals surface area contributed by atoms with E-state index in [1.165, 1.54) is 24.0 Å². The van der Waals surface area contributed by atoms with Gasteiger partial charge in [0.1, 0.15) is 0 Å². The van der Waals surface area contributed by atoms with Gasteiger partial charge in [0.05, 0.1) is 6.54 Å². The number of amidine groups is 1. The Kier molecular flexibility index (Phi) is 10.9. The van der Waals surface area contributed by atoms with Gasteiger partial charge in [0.25, 0.3) is 0 Å². The van der Waals surface area contributed by atoms with Crippen LogP contribution >= 0.6 is 24.4 Å². The zero-order valence-corrected chi connectivity index (χ0v) is 26.0. The van der Waals surface area contributed by atoms with Gasteiger partial charge in [-0.2, -0.15) is 0 Å². The van der Waals surface area contributed by atoms with Crippen molar-refractivity contribution >= 4 is 29.6 Å². The van der Waals surface area contributed by atoms with E-state index < -0.39 is 0 Å². The molecule has 1 aromatic rings. The number of rotatable bonds is 9. The maximum absolute atomic E-state index is 5.02. The Bertz CT molecular complexity index is 1090. The molecule has 5 nitrogen and oxygen atoms in total. The number of hydrogen-bond acceptors (Lipinski definition) is 6. The molecule has 0 aromatic heterocycles. The van der Waals surface area contributed by atoms with Gasteiger partial charge >= 0.3 is 0 Å². The number of thiol groups is 1. The number of aliphatic imine (C=N–C) groups is 1. The molecule has 4 atom stereocenters. The number of nitrogens with one attached hydrogen (secondary N) is 1. The van der Waals surface area contributed by atoms with Crippen molar-refractivity contribution in [3.63, 3.8) is 0 Å². The van der Waals surface area contributed by atoms with Gasteiger partial charge in [0.15, 0.2) is 5.17 Å². The van der Waals surface area contributed by atoms with Gasteiger partial charge < -0.3 is 10.2 Å². The fourth-order valence-electron chi connectivity index (χ4n) is 6.08. The molecule has 2 heterocycles. The number of nitrogens with zero attached hydrogens (tertiary/aromatic N) is 4. The van der Waals surface area contributed by atoms with E-state index in [1.807, 2.05) is 0 Å². The van der Waals surface area contributed by atoms with Crippen LogP contribution in [0.4, 0.5) is 0 Å². The number of allylic oxidation sites excluding steroid dienone is 3. The van der Waals surface area contributed by atoms with Crippen LogP contribution in [0.3, 0.4) is 0 Å². The fraction of sp³-hybridized carbons (Fsp3) is 0.531. The molecule has 2 saturated heterocycles. The van der Waals surface area contributed by atoms with Crippen molar-refractivity contribution in [1.82, 2.24) is 20.0 Å². The lowest BCUT2D eigenvalue weighted by Gasteiger charge is -2.46. The number of thioether (sulfide) groups is 1. The predicted octanol–water partition coefficient (Wildman–Crippen LogP) is 6.51. The van der Waals surface area contributed by atoms with Crippen molar-refractivity contribution in [2.75, 3.05) is 39.0 Å². The second-order valence-corrected chi connectivity index (χ2v) is 12.6. The van der Waals surface area contributed by atoms with E-state index in [-0.39, 0.29) is 0 Å². The lowest BCUT2D eigenvalue weighted by atomic mass is 10.0. The highest BCUT2D eigenvalue weighted by Crippen LogP contribution is 2.30. The van der Waals surface area contributed by atoms with Gasteiger partial charge in [-0.3, -0.25) is 14.8 Å². The molecule has 7 heteroatoms. The molecular formula is C32H47N5S2. The maximum Gasteiger partial charge on any atom is 0.160 e. The van der Waals surface area contributed by atoms with E-state index in [1.54, 1.807) is 11.8 Å². The number of piperazine rings is 1. The molecule has 3 aliphatic rings. The Morgan fingerprint density at radius 3 is 2.62 bits per heavy atom. The average Bonchev–Trinajstić information content (AvgIpc) is 3.41. The van der Waals surface area contributed by atoms with E-state index >= 15 is 0 Å². The quantitative estimate of drug-likeness (QED) is 0.203. The summed E-state index contributed by atoms with van der Waals surface area (Å²) in [5.74, 6) is 0. The fourth-order valence-corrected chi connectivity index (χ4v) is 6.67. The van der Waals surface area contributed by atoms with Crippen LogP contribution in [-0.2, 0) is 0 Å². The number of hydrogen-bond donors (Lipinski definition) is 2. The first-order valence-corrected chi connectivity index (χ1v) is 16.1. The molecular weight excluding hydrogens is 519 g/mol. The molecule has 1 N–H and O–H groups in total. The van der Waals surface area contributed by atoms with Gasteiger partial charge in [-0.1, -0.05) is 55.3 Å². The molecule has 39 heavy (non-hydrogen) atoms. The van der Waals surface area contributed by atoms with Crippen LogP contribution in [0.1, 0.15) is 58.1 Å². The molecule has 2 fully saturated rings. The third-order valence-electron chi connectivity index (χ3n) is 8.40.